The van der Waals surface area contributed by atoms with E-state index in [2.05, 4.69) is 5.32 Å². The zero-order valence-corrected chi connectivity index (χ0v) is 12.1. The highest BCUT2D eigenvalue weighted by molar-refractivity contribution is 5.85. The van der Waals surface area contributed by atoms with Gasteiger partial charge in [0.2, 0.25) is 5.91 Å². The van der Waals surface area contributed by atoms with Crippen molar-refractivity contribution < 1.29 is 19.4 Å². The van der Waals surface area contributed by atoms with Crippen LogP contribution in [0, 0.1) is 5.92 Å². The minimum atomic E-state index is -1.01. The first-order valence-corrected chi connectivity index (χ1v) is 6.58. The fourth-order valence-corrected chi connectivity index (χ4v) is 1.96. The third-order valence-electron chi connectivity index (χ3n) is 2.88. The number of ether oxygens (including phenoxy) is 1. The average molecular weight is 279 g/mol. The average Bonchev–Trinajstić information content (AvgIpc) is 2.37. The molecule has 0 bridgehead atoms. The quantitative estimate of drug-likeness (QED) is 0.798. The van der Waals surface area contributed by atoms with Gasteiger partial charge in [-0.3, -0.25) is 4.79 Å². The Morgan fingerprint density at radius 2 is 1.95 bits per heavy atom. The molecule has 0 heterocycles. The van der Waals surface area contributed by atoms with Crippen LogP contribution >= 0.6 is 0 Å². The van der Waals surface area contributed by atoms with Crippen molar-refractivity contribution in [2.45, 2.75) is 32.7 Å². The predicted molar refractivity (Wildman–Crippen MR) is 75.7 cm³/mol. The third kappa shape index (κ3) is 4.91. The lowest BCUT2D eigenvalue weighted by molar-refractivity contribution is -0.142. The number of para-hydroxylation sites is 1. The van der Waals surface area contributed by atoms with E-state index >= 15 is 0 Å². The lowest BCUT2D eigenvalue weighted by Crippen LogP contribution is -2.42. The highest BCUT2D eigenvalue weighted by atomic mass is 16.5. The predicted octanol–water partition coefficient (Wildman–Crippen LogP) is 1.85. The van der Waals surface area contributed by atoms with Crippen molar-refractivity contribution in [3.05, 3.63) is 29.8 Å². The van der Waals surface area contributed by atoms with Crippen LogP contribution in [0.15, 0.2) is 24.3 Å². The van der Waals surface area contributed by atoms with Gasteiger partial charge in [-0.05, 0) is 18.4 Å². The van der Waals surface area contributed by atoms with Crippen molar-refractivity contribution in [2.75, 3.05) is 7.11 Å². The number of carboxylic acid groups (broad SMARTS) is 1. The maximum Gasteiger partial charge on any atom is 0.326 e. The molecule has 0 spiro atoms. The fourth-order valence-electron chi connectivity index (χ4n) is 1.96. The molecule has 0 aliphatic carbocycles. The van der Waals surface area contributed by atoms with Gasteiger partial charge in [0.1, 0.15) is 11.8 Å². The first-order valence-electron chi connectivity index (χ1n) is 6.58. The minimum absolute atomic E-state index is 0.103. The van der Waals surface area contributed by atoms with Crippen LogP contribution < -0.4 is 10.1 Å². The fraction of sp³-hybridized carbons (Fsp3) is 0.467. The number of benzene rings is 1. The van der Waals surface area contributed by atoms with E-state index in [4.69, 9.17) is 9.84 Å². The molecular weight excluding hydrogens is 258 g/mol. The van der Waals surface area contributed by atoms with E-state index in [9.17, 15) is 9.59 Å². The van der Waals surface area contributed by atoms with Gasteiger partial charge in [-0.15, -0.1) is 0 Å². The van der Waals surface area contributed by atoms with E-state index in [0.29, 0.717) is 12.2 Å². The van der Waals surface area contributed by atoms with Crippen LogP contribution in [-0.2, 0) is 16.0 Å². The Morgan fingerprint density at radius 1 is 1.30 bits per heavy atom. The van der Waals surface area contributed by atoms with Crippen molar-refractivity contribution >= 4 is 11.9 Å². The summed E-state index contributed by atoms with van der Waals surface area (Å²) >= 11 is 0. The molecule has 0 fully saturated rings. The van der Waals surface area contributed by atoms with Gasteiger partial charge in [-0.2, -0.15) is 0 Å². The molecule has 1 atom stereocenters. The molecule has 5 nitrogen and oxygen atoms in total. The molecule has 0 saturated carbocycles. The SMILES string of the molecule is COc1ccccc1CC(=O)NC(CC(C)C)C(=O)O. The molecule has 0 saturated heterocycles. The number of rotatable bonds is 7. The van der Waals surface area contributed by atoms with Crippen molar-refractivity contribution in [3.63, 3.8) is 0 Å². The van der Waals surface area contributed by atoms with Crippen molar-refractivity contribution in [2.24, 2.45) is 5.92 Å². The molecule has 0 aliphatic heterocycles. The summed E-state index contributed by atoms with van der Waals surface area (Å²) in [6.45, 7) is 3.84. The van der Waals surface area contributed by atoms with Gasteiger partial charge in [0.05, 0.1) is 13.5 Å². The van der Waals surface area contributed by atoms with Gasteiger partial charge >= 0.3 is 5.97 Å². The number of hydrogen-bond acceptors (Lipinski definition) is 3. The summed E-state index contributed by atoms with van der Waals surface area (Å²) in [5.41, 5.74) is 0.737. The highest BCUT2D eigenvalue weighted by Gasteiger charge is 2.21. The summed E-state index contributed by atoms with van der Waals surface area (Å²) in [5.74, 6) is -0.504. The van der Waals surface area contributed by atoms with Crippen LogP contribution in [0.4, 0.5) is 0 Å². The van der Waals surface area contributed by atoms with Gasteiger partial charge in [0.25, 0.3) is 0 Å². The number of hydrogen-bond donors (Lipinski definition) is 2. The maximum atomic E-state index is 11.9. The van der Waals surface area contributed by atoms with Crippen molar-refractivity contribution in [3.8, 4) is 5.75 Å². The van der Waals surface area contributed by atoms with E-state index in [1.54, 1.807) is 12.1 Å². The Kier molecular flexibility index (Phi) is 6.03. The van der Waals surface area contributed by atoms with E-state index in [0.717, 1.165) is 5.56 Å². The van der Waals surface area contributed by atoms with Crippen molar-refractivity contribution in [1.82, 2.24) is 5.32 Å². The molecule has 1 aromatic rings. The molecule has 1 amide bonds. The number of nitrogens with one attached hydrogen (secondary N) is 1. The lowest BCUT2D eigenvalue weighted by atomic mass is 10.0. The number of carbonyl (C=O) groups is 2. The van der Waals surface area contributed by atoms with Crippen LogP contribution in [0.5, 0.6) is 5.75 Å². The summed E-state index contributed by atoms with van der Waals surface area (Å²) in [4.78, 5) is 23.1. The largest absolute Gasteiger partial charge is 0.496 e. The second kappa shape index (κ2) is 7.53. The van der Waals surface area contributed by atoms with Crippen molar-refractivity contribution in [1.29, 1.82) is 0 Å². The molecule has 1 rings (SSSR count). The number of carbonyl (C=O) groups excluding carboxylic acids is 1. The first kappa shape index (κ1) is 16.0. The zero-order chi connectivity index (χ0) is 15.1. The smallest absolute Gasteiger partial charge is 0.326 e. The number of carboxylic acids is 1. The van der Waals surface area contributed by atoms with Crippen LogP contribution in [0.25, 0.3) is 0 Å². The standard InChI is InChI=1S/C15H21NO4/c1-10(2)8-12(15(18)19)16-14(17)9-11-6-4-5-7-13(11)20-3/h4-7,10,12H,8-9H2,1-3H3,(H,16,17)(H,18,19). The molecule has 0 aliphatic rings. The monoisotopic (exact) mass is 279 g/mol. The van der Waals surface area contributed by atoms with E-state index in [-0.39, 0.29) is 18.2 Å². The molecular formula is C15H21NO4. The second-order valence-corrected chi connectivity index (χ2v) is 5.08. The van der Waals surface area contributed by atoms with Gasteiger partial charge in [0.15, 0.2) is 0 Å². The minimum Gasteiger partial charge on any atom is -0.496 e. The van der Waals surface area contributed by atoms with E-state index < -0.39 is 12.0 Å². The molecule has 5 heteroatoms. The highest BCUT2D eigenvalue weighted by Crippen LogP contribution is 2.17. The summed E-state index contributed by atoms with van der Waals surface area (Å²) in [7, 11) is 1.54. The molecule has 2 N–H and O–H groups in total. The van der Waals surface area contributed by atoms with E-state index in [1.807, 2.05) is 26.0 Å². The maximum absolute atomic E-state index is 11.9. The van der Waals surface area contributed by atoms with Gasteiger partial charge in [-0.1, -0.05) is 32.0 Å². The molecule has 1 aromatic carbocycles. The molecule has 0 aromatic heterocycles. The Morgan fingerprint density at radius 3 is 2.50 bits per heavy atom. The van der Waals surface area contributed by atoms with Gasteiger partial charge in [0, 0.05) is 5.56 Å². The Bertz CT molecular complexity index is 471. The topological polar surface area (TPSA) is 75.6 Å². The zero-order valence-electron chi connectivity index (χ0n) is 12.1. The second-order valence-electron chi connectivity index (χ2n) is 5.08. The normalized spacial score (nSPS) is 12.0. The summed E-state index contributed by atoms with van der Waals surface area (Å²) < 4.78 is 5.17. The molecule has 0 radical (unpaired) electrons. The lowest BCUT2D eigenvalue weighted by Gasteiger charge is -2.17. The summed E-state index contributed by atoms with van der Waals surface area (Å²) in [6.07, 6.45) is 0.513. The number of methoxy groups -OCH3 is 1. The van der Waals surface area contributed by atoms with Crippen LogP contribution in [-0.4, -0.2) is 30.1 Å². The van der Waals surface area contributed by atoms with Crippen LogP contribution in [0.2, 0.25) is 0 Å². The summed E-state index contributed by atoms with van der Waals surface area (Å²) in [6, 6.07) is 6.34. The Labute approximate surface area is 118 Å². The number of amides is 1. The molecule has 1 unspecified atom stereocenters. The molecule has 20 heavy (non-hydrogen) atoms. The summed E-state index contributed by atoms with van der Waals surface area (Å²) in [5, 5.41) is 11.7. The van der Waals surface area contributed by atoms with Crippen LogP contribution in [0.1, 0.15) is 25.8 Å². The van der Waals surface area contributed by atoms with E-state index in [1.165, 1.54) is 7.11 Å². The molecule has 110 valence electrons. The van der Waals surface area contributed by atoms with Gasteiger partial charge < -0.3 is 15.2 Å². The van der Waals surface area contributed by atoms with Crippen LogP contribution in [0.3, 0.4) is 0 Å². The Balaban J connectivity index is 2.68. The Hall–Kier alpha value is -2.04. The first-order chi connectivity index (χ1) is 9.43. The number of aliphatic carboxylic acids is 1. The van der Waals surface area contributed by atoms with Gasteiger partial charge in [-0.25, -0.2) is 4.79 Å². The third-order valence-corrected chi connectivity index (χ3v) is 2.88.